The lowest BCUT2D eigenvalue weighted by molar-refractivity contribution is 0.790. The Morgan fingerprint density at radius 2 is 2.28 bits per heavy atom. The Morgan fingerprint density at radius 3 is 3.00 bits per heavy atom. The van der Waals surface area contributed by atoms with Gasteiger partial charge in [0, 0.05) is 30.6 Å². The third-order valence-electron chi connectivity index (χ3n) is 2.60. The molecular weight excluding hydrogens is 248 g/mol. The molecule has 18 heavy (non-hydrogen) atoms. The quantitative estimate of drug-likeness (QED) is 0.663. The van der Waals surface area contributed by atoms with E-state index < -0.39 is 0 Å². The van der Waals surface area contributed by atoms with Gasteiger partial charge in [0.2, 0.25) is 5.56 Å². The summed E-state index contributed by atoms with van der Waals surface area (Å²) in [4.78, 5) is 13.9. The predicted octanol–water partition coefficient (Wildman–Crippen LogP) is 2.06. The Hall–Kier alpha value is -1.56. The van der Waals surface area contributed by atoms with E-state index in [-0.39, 0.29) is 5.56 Å². The molecule has 0 fully saturated rings. The standard InChI is InChI=1S/C12H16N4OS/c1-3-4-7-18-12-15-14-11(16(12)2)9-5-6-13-10(17)8-9/h5-6,8H,3-4,7H2,1-2H3,(H,13,17). The summed E-state index contributed by atoms with van der Waals surface area (Å²) in [5, 5.41) is 9.19. The Balaban J connectivity index is 2.22. The first kappa shape index (κ1) is 12.9. The highest BCUT2D eigenvalue weighted by Crippen LogP contribution is 2.22. The van der Waals surface area contributed by atoms with Gasteiger partial charge >= 0.3 is 0 Å². The summed E-state index contributed by atoms with van der Waals surface area (Å²) in [6.45, 7) is 2.17. The molecule has 6 heteroatoms. The van der Waals surface area contributed by atoms with E-state index in [4.69, 9.17) is 0 Å². The molecule has 0 saturated heterocycles. The number of H-pyrrole nitrogens is 1. The van der Waals surface area contributed by atoms with E-state index in [0.29, 0.717) is 0 Å². The van der Waals surface area contributed by atoms with Crippen molar-refractivity contribution in [2.45, 2.75) is 24.9 Å². The second-order valence-electron chi connectivity index (χ2n) is 4.01. The number of thioether (sulfide) groups is 1. The van der Waals surface area contributed by atoms with Crippen molar-refractivity contribution < 1.29 is 0 Å². The van der Waals surface area contributed by atoms with Gasteiger partial charge in [-0.3, -0.25) is 4.79 Å². The molecule has 1 N–H and O–H groups in total. The van der Waals surface area contributed by atoms with Gasteiger partial charge in [0.15, 0.2) is 11.0 Å². The number of hydrogen-bond donors (Lipinski definition) is 1. The zero-order chi connectivity index (χ0) is 13.0. The number of rotatable bonds is 5. The van der Waals surface area contributed by atoms with Crippen molar-refractivity contribution in [1.29, 1.82) is 0 Å². The summed E-state index contributed by atoms with van der Waals surface area (Å²) in [7, 11) is 1.92. The van der Waals surface area contributed by atoms with E-state index in [0.717, 1.165) is 28.7 Å². The maximum absolute atomic E-state index is 11.3. The topological polar surface area (TPSA) is 63.6 Å². The molecule has 0 radical (unpaired) electrons. The van der Waals surface area contributed by atoms with Gasteiger partial charge in [0.25, 0.3) is 0 Å². The van der Waals surface area contributed by atoms with Crippen LogP contribution in [0.2, 0.25) is 0 Å². The van der Waals surface area contributed by atoms with E-state index in [2.05, 4.69) is 22.1 Å². The fraction of sp³-hybridized carbons (Fsp3) is 0.417. The number of nitrogens with zero attached hydrogens (tertiary/aromatic N) is 3. The molecule has 2 heterocycles. The first-order valence-corrected chi connectivity index (χ1v) is 6.92. The van der Waals surface area contributed by atoms with Crippen molar-refractivity contribution in [3.05, 3.63) is 28.7 Å². The van der Waals surface area contributed by atoms with Crippen molar-refractivity contribution in [2.75, 3.05) is 5.75 Å². The molecule has 2 aromatic rings. The van der Waals surface area contributed by atoms with Crippen molar-refractivity contribution in [1.82, 2.24) is 19.7 Å². The highest BCUT2D eigenvalue weighted by atomic mass is 32.2. The van der Waals surface area contributed by atoms with E-state index in [1.165, 1.54) is 12.5 Å². The molecule has 2 aromatic heterocycles. The smallest absolute Gasteiger partial charge is 0.248 e. The van der Waals surface area contributed by atoms with Gasteiger partial charge in [-0.05, 0) is 12.5 Å². The van der Waals surface area contributed by atoms with E-state index in [1.54, 1.807) is 18.0 Å². The van der Waals surface area contributed by atoms with Crippen LogP contribution in [0.1, 0.15) is 19.8 Å². The van der Waals surface area contributed by atoms with Gasteiger partial charge in [-0.2, -0.15) is 0 Å². The lowest BCUT2D eigenvalue weighted by Gasteiger charge is -2.02. The van der Waals surface area contributed by atoms with E-state index in [1.807, 2.05) is 17.7 Å². The average Bonchev–Trinajstić information content (AvgIpc) is 2.72. The van der Waals surface area contributed by atoms with Gasteiger partial charge < -0.3 is 9.55 Å². The summed E-state index contributed by atoms with van der Waals surface area (Å²) in [6, 6.07) is 3.36. The molecule has 5 nitrogen and oxygen atoms in total. The number of unbranched alkanes of at least 4 members (excludes halogenated alkanes) is 1. The highest BCUT2D eigenvalue weighted by molar-refractivity contribution is 7.99. The molecule has 0 amide bonds. The molecule has 0 atom stereocenters. The predicted molar refractivity (Wildman–Crippen MR) is 72.7 cm³/mol. The normalized spacial score (nSPS) is 10.8. The lowest BCUT2D eigenvalue weighted by Crippen LogP contribution is -2.04. The fourth-order valence-corrected chi connectivity index (χ4v) is 2.58. The fourth-order valence-electron chi connectivity index (χ4n) is 1.58. The lowest BCUT2D eigenvalue weighted by atomic mass is 10.2. The van der Waals surface area contributed by atoms with Crippen LogP contribution in [0.4, 0.5) is 0 Å². The van der Waals surface area contributed by atoms with Gasteiger partial charge in [-0.25, -0.2) is 0 Å². The minimum atomic E-state index is -0.129. The zero-order valence-corrected chi connectivity index (χ0v) is 11.3. The Kier molecular flexibility index (Phi) is 4.19. The SMILES string of the molecule is CCCCSc1nnc(-c2cc[nH]c(=O)c2)n1C. The van der Waals surface area contributed by atoms with Crippen LogP contribution in [0, 0.1) is 0 Å². The molecular formula is C12H16N4OS. The molecule has 0 bridgehead atoms. The molecule has 0 aliphatic carbocycles. The van der Waals surface area contributed by atoms with Crippen LogP contribution in [0.25, 0.3) is 11.4 Å². The number of pyridine rings is 1. The Labute approximate surface area is 110 Å². The number of aromatic nitrogens is 4. The maximum Gasteiger partial charge on any atom is 0.248 e. The molecule has 0 aromatic carbocycles. The van der Waals surface area contributed by atoms with Gasteiger partial charge in [-0.1, -0.05) is 25.1 Å². The Bertz CT molecular complexity index is 575. The molecule has 0 unspecified atom stereocenters. The molecule has 0 spiro atoms. The van der Waals surface area contributed by atoms with Gasteiger partial charge in [-0.15, -0.1) is 10.2 Å². The molecule has 96 valence electrons. The first-order valence-electron chi connectivity index (χ1n) is 5.93. The summed E-state index contributed by atoms with van der Waals surface area (Å²) < 4.78 is 1.93. The van der Waals surface area contributed by atoms with Crippen molar-refractivity contribution in [3.8, 4) is 11.4 Å². The van der Waals surface area contributed by atoms with Crippen LogP contribution in [-0.2, 0) is 7.05 Å². The van der Waals surface area contributed by atoms with Crippen LogP contribution in [0.3, 0.4) is 0 Å². The second kappa shape index (κ2) is 5.86. The molecule has 0 saturated carbocycles. The average molecular weight is 264 g/mol. The molecule has 0 aliphatic heterocycles. The summed E-state index contributed by atoms with van der Waals surface area (Å²) in [6.07, 6.45) is 3.96. The van der Waals surface area contributed by atoms with E-state index >= 15 is 0 Å². The third-order valence-corrected chi connectivity index (χ3v) is 3.70. The van der Waals surface area contributed by atoms with Crippen LogP contribution in [0.5, 0.6) is 0 Å². The third kappa shape index (κ3) is 2.81. The minimum Gasteiger partial charge on any atom is -0.329 e. The molecule has 2 rings (SSSR count). The molecule has 0 aliphatic rings. The minimum absolute atomic E-state index is 0.129. The number of hydrogen-bond acceptors (Lipinski definition) is 4. The Morgan fingerprint density at radius 1 is 1.44 bits per heavy atom. The highest BCUT2D eigenvalue weighted by Gasteiger charge is 2.10. The summed E-state index contributed by atoms with van der Waals surface area (Å²) >= 11 is 1.69. The zero-order valence-electron chi connectivity index (χ0n) is 10.5. The van der Waals surface area contributed by atoms with Gasteiger partial charge in [0.1, 0.15) is 0 Å². The van der Waals surface area contributed by atoms with E-state index in [9.17, 15) is 4.79 Å². The van der Waals surface area contributed by atoms with Crippen molar-refractivity contribution in [3.63, 3.8) is 0 Å². The van der Waals surface area contributed by atoms with Crippen LogP contribution < -0.4 is 5.56 Å². The van der Waals surface area contributed by atoms with Crippen molar-refractivity contribution in [2.24, 2.45) is 7.05 Å². The van der Waals surface area contributed by atoms with Gasteiger partial charge in [0.05, 0.1) is 0 Å². The summed E-state index contributed by atoms with van der Waals surface area (Å²) in [5.74, 6) is 1.76. The monoisotopic (exact) mass is 264 g/mol. The summed E-state index contributed by atoms with van der Waals surface area (Å²) in [5.41, 5.74) is 0.659. The first-order chi connectivity index (χ1) is 8.72. The number of nitrogens with one attached hydrogen (secondary N) is 1. The maximum atomic E-state index is 11.3. The second-order valence-corrected chi connectivity index (χ2v) is 5.07. The van der Waals surface area contributed by atoms with Crippen LogP contribution in [0.15, 0.2) is 28.3 Å². The van der Waals surface area contributed by atoms with Crippen molar-refractivity contribution >= 4 is 11.8 Å². The number of aromatic amines is 1. The largest absolute Gasteiger partial charge is 0.329 e. The van der Waals surface area contributed by atoms with Crippen LogP contribution in [-0.4, -0.2) is 25.5 Å². The van der Waals surface area contributed by atoms with Crippen LogP contribution >= 0.6 is 11.8 Å².